The van der Waals surface area contributed by atoms with Gasteiger partial charge in [0, 0.05) is 19.3 Å². The maximum Gasteiger partial charge on any atom is 0.306 e. The van der Waals surface area contributed by atoms with Gasteiger partial charge >= 0.3 is 17.9 Å². The molecule has 0 aromatic carbocycles. The first-order chi connectivity index (χ1) is 37.5. The van der Waals surface area contributed by atoms with Crippen molar-refractivity contribution >= 4 is 17.9 Å². The van der Waals surface area contributed by atoms with Crippen molar-refractivity contribution in [2.45, 2.75) is 341 Å². The fourth-order valence-corrected chi connectivity index (χ4v) is 9.57. The largest absolute Gasteiger partial charge is 0.462 e. The van der Waals surface area contributed by atoms with Gasteiger partial charge < -0.3 is 14.2 Å². The highest BCUT2D eigenvalue weighted by Gasteiger charge is 2.19. The average Bonchev–Trinajstić information content (AvgIpc) is 3.42. The molecule has 0 spiro atoms. The Morgan fingerprint density at radius 1 is 0.276 bits per heavy atom. The van der Waals surface area contributed by atoms with Crippen LogP contribution in [0.25, 0.3) is 0 Å². The van der Waals surface area contributed by atoms with Crippen molar-refractivity contribution in [1.82, 2.24) is 0 Å². The zero-order valence-corrected chi connectivity index (χ0v) is 50.5. The van der Waals surface area contributed by atoms with Gasteiger partial charge in [-0.05, 0) is 70.6 Å². The van der Waals surface area contributed by atoms with E-state index in [4.69, 9.17) is 14.2 Å². The first kappa shape index (κ1) is 72.8. The molecule has 0 fully saturated rings. The standard InChI is InChI=1S/C70H124O6/c1-4-7-10-13-16-19-22-25-28-29-30-31-32-33-34-35-36-37-38-39-40-41-43-45-48-51-54-57-60-63-69(72)75-66-67(65-74-68(71)62-59-56-53-50-47-44-27-24-21-18-15-12-9-6-3)76-70(73)64-61-58-55-52-49-46-42-26-23-20-17-14-11-8-5-2/h7,10,16,19,25,28,30-31,33-34,36-37,67H,4-6,8-9,11-15,17-18,20-24,26-27,29,32,35,38-66H2,1-3H3/b10-7-,19-16-,28-25-,31-30-,34-33-,37-36-. The number of ether oxygens (including phenoxy) is 3. The van der Waals surface area contributed by atoms with Gasteiger partial charge in [-0.15, -0.1) is 0 Å². The molecule has 0 radical (unpaired) electrons. The van der Waals surface area contributed by atoms with Crippen LogP contribution in [0.4, 0.5) is 0 Å². The Morgan fingerprint density at radius 3 is 0.803 bits per heavy atom. The van der Waals surface area contributed by atoms with Crippen molar-refractivity contribution in [3.63, 3.8) is 0 Å². The lowest BCUT2D eigenvalue weighted by molar-refractivity contribution is -0.167. The molecule has 6 heteroatoms. The fraction of sp³-hybridized carbons (Fsp3) is 0.786. The lowest BCUT2D eigenvalue weighted by Gasteiger charge is -2.18. The van der Waals surface area contributed by atoms with Crippen molar-refractivity contribution < 1.29 is 28.6 Å². The summed E-state index contributed by atoms with van der Waals surface area (Å²) in [6, 6.07) is 0. The normalized spacial score (nSPS) is 12.5. The van der Waals surface area contributed by atoms with E-state index < -0.39 is 6.10 Å². The summed E-state index contributed by atoms with van der Waals surface area (Å²) in [7, 11) is 0. The van der Waals surface area contributed by atoms with E-state index in [1.807, 2.05) is 0 Å². The van der Waals surface area contributed by atoms with E-state index in [9.17, 15) is 14.4 Å². The second-order valence-electron chi connectivity index (χ2n) is 22.0. The fourth-order valence-electron chi connectivity index (χ4n) is 9.57. The second-order valence-corrected chi connectivity index (χ2v) is 22.0. The predicted octanol–water partition coefficient (Wildman–Crippen LogP) is 22.5. The molecule has 76 heavy (non-hydrogen) atoms. The molecule has 0 aliphatic carbocycles. The molecule has 6 nitrogen and oxygen atoms in total. The van der Waals surface area contributed by atoms with Crippen LogP contribution in [0.5, 0.6) is 0 Å². The van der Waals surface area contributed by atoms with Crippen LogP contribution in [0, 0.1) is 0 Å². The third-order valence-corrected chi connectivity index (χ3v) is 14.5. The number of hydrogen-bond acceptors (Lipinski definition) is 6. The van der Waals surface area contributed by atoms with Crippen molar-refractivity contribution in [2.75, 3.05) is 13.2 Å². The molecule has 0 saturated carbocycles. The van der Waals surface area contributed by atoms with Crippen LogP contribution in [0.3, 0.4) is 0 Å². The number of hydrogen-bond donors (Lipinski definition) is 0. The summed E-state index contributed by atoms with van der Waals surface area (Å²) in [5.41, 5.74) is 0. The van der Waals surface area contributed by atoms with Crippen molar-refractivity contribution in [3.05, 3.63) is 72.9 Å². The molecule has 1 unspecified atom stereocenters. The number of carbonyl (C=O) groups is 3. The van der Waals surface area contributed by atoms with Gasteiger partial charge in [0.2, 0.25) is 0 Å². The molecule has 0 rings (SSSR count). The lowest BCUT2D eigenvalue weighted by Crippen LogP contribution is -2.30. The average molecular weight is 1060 g/mol. The summed E-state index contributed by atoms with van der Waals surface area (Å²) in [6.45, 7) is 6.57. The summed E-state index contributed by atoms with van der Waals surface area (Å²) in [6.07, 6.45) is 83.4. The van der Waals surface area contributed by atoms with Gasteiger partial charge in [0.1, 0.15) is 13.2 Å². The van der Waals surface area contributed by atoms with Crippen LogP contribution in [-0.4, -0.2) is 37.2 Å². The zero-order valence-electron chi connectivity index (χ0n) is 50.5. The maximum atomic E-state index is 12.9. The first-order valence-corrected chi connectivity index (χ1v) is 32.9. The Kier molecular flexibility index (Phi) is 61.7. The Hall–Kier alpha value is -3.15. The minimum absolute atomic E-state index is 0.0706. The van der Waals surface area contributed by atoms with Crippen LogP contribution in [0.15, 0.2) is 72.9 Å². The highest BCUT2D eigenvalue weighted by Crippen LogP contribution is 2.17. The zero-order chi connectivity index (χ0) is 55.0. The molecule has 0 saturated heterocycles. The summed E-state index contributed by atoms with van der Waals surface area (Å²) >= 11 is 0. The van der Waals surface area contributed by atoms with Crippen LogP contribution < -0.4 is 0 Å². The van der Waals surface area contributed by atoms with Crippen molar-refractivity contribution in [1.29, 1.82) is 0 Å². The molecule has 1 atom stereocenters. The molecule has 0 aromatic rings. The third kappa shape index (κ3) is 61.7. The van der Waals surface area contributed by atoms with Gasteiger partial charge in [0.15, 0.2) is 6.10 Å². The van der Waals surface area contributed by atoms with Crippen LogP contribution in [0.2, 0.25) is 0 Å². The molecule has 0 aliphatic heterocycles. The Balaban J connectivity index is 4.25. The summed E-state index contributed by atoms with van der Waals surface area (Å²) < 4.78 is 16.9. The quantitative estimate of drug-likeness (QED) is 0.0261. The van der Waals surface area contributed by atoms with E-state index in [1.54, 1.807) is 0 Å². The van der Waals surface area contributed by atoms with Gasteiger partial charge in [-0.25, -0.2) is 0 Å². The third-order valence-electron chi connectivity index (χ3n) is 14.5. The van der Waals surface area contributed by atoms with Crippen molar-refractivity contribution in [2.24, 2.45) is 0 Å². The molecular formula is C70H124O6. The van der Waals surface area contributed by atoms with Gasteiger partial charge in [-0.1, -0.05) is 318 Å². The first-order valence-electron chi connectivity index (χ1n) is 32.9. The topological polar surface area (TPSA) is 78.9 Å². The van der Waals surface area contributed by atoms with E-state index in [0.717, 1.165) is 96.3 Å². The summed E-state index contributed by atoms with van der Waals surface area (Å²) in [4.78, 5) is 38.3. The Labute approximate surface area is 472 Å². The van der Waals surface area contributed by atoms with E-state index in [2.05, 4.69) is 93.7 Å². The molecule has 0 bridgehead atoms. The smallest absolute Gasteiger partial charge is 0.306 e. The molecule has 0 aromatic heterocycles. The molecule has 440 valence electrons. The van der Waals surface area contributed by atoms with Crippen LogP contribution in [0.1, 0.15) is 335 Å². The monoisotopic (exact) mass is 1060 g/mol. The molecule has 0 aliphatic rings. The maximum absolute atomic E-state index is 12.9. The molecule has 0 amide bonds. The number of esters is 3. The number of carbonyl (C=O) groups excluding carboxylic acids is 3. The van der Waals surface area contributed by atoms with Crippen molar-refractivity contribution in [3.8, 4) is 0 Å². The van der Waals surface area contributed by atoms with E-state index in [-0.39, 0.29) is 31.1 Å². The number of unbranched alkanes of at least 4 members (excludes halogenated alkanes) is 37. The minimum Gasteiger partial charge on any atom is -0.462 e. The van der Waals surface area contributed by atoms with Gasteiger partial charge in [0.05, 0.1) is 0 Å². The van der Waals surface area contributed by atoms with Crippen LogP contribution in [-0.2, 0) is 28.6 Å². The Morgan fingerprint density at radius 2 is 0.513 bits per heavy atom. The van der Waals surface area contributed by atoms with E-state index >= 15 is 0 Å². The Bertz CT molecular complexity index is 1400. The SMILES string of the molecule is CC/C=C\C/C=C\C/C=C\C/C=C\C/C=C\C/C=C\CCCCCCCCCCCCC(=O)OCC(COC(=O)CCCCCCCCCCCCCCCC)OC(=O)CCCCCCCCCCCCCCCCC. The lowest BCUT2D eigenvalue weighted by atomic mass is 10.0. The van der Waals surface area contributed by atoms with Gasteiger partial charge in [-0.3, -0.25) is 14.4 Å². The second kappa shape index (κ2) is 64.4. The summed E-state index contributed by atoms with van der Waals surface area (Å²) in [5, 5.41) is 0. The van der Waals surface area contributed by atoms with E-state index in [0.29, 0.717) is 19.3 Å². The van der Waals surface area contributed by atoms with Crippen LogP contribution >= 0.6 is 0 Å². The predicted molar refractivity (Wildman–Crippen MR) is 330 cm³/mol. The van der Waals surface area contributed by atoms with Gasteiger partial charge in [-0.2, -0.15) is 0 Å². The highest BCUT2D eigenvalue weighted by atomic mass is 16.6. The minimum atomic E-state index is -0.773. The highest BCUT2D eigenvalue weighted by molar-refractivity contribution is 5.71. The number of allylic oxidation sites excluding steroid dienone is 12. The summed E-state index contributed by atoms with van der Waals surface area (Å²) in [5.74, 6) is -0.855. The van der Waals surface area contributed by atoms with E-state index in [1.165, 1.54) is 199 Å². The molecule has 0 heterocycles. The number of rotatable bonds is 60. The molecule has 0 N–H and O–H groups in total. The van der Waals surface area contributed by atoms with Gasteiger partial charge in [0.25, 0.3) is 0 Å². The molecular weight excluding hydrogens is 937 g/mol.